The molecule has 0 aliphatic carbocycles. The van der Waals surface area contributed by atoms with Crippen LogP contribution in [0.3, 0.4) is 0 Å². The van der Waals surface area contributed by atoms with Crippen molar-refractivity contribution < 1.29 is 19.1 Å². The van der Waals surface area contributed by atoms with E-state index in [4.69, 9.17) is 10.5 Å². The summed E-state index contributed by atoms with van der Waals surface area (Å²) in [6.07, 6.45) is 1.61. The molecule has 0 spiro atoms. The summed E-state index contributed by atoms with van der Waals surface area (Å²) in [6.45, 7) is 2.32. The SMILES string of the molecule is NC(=O)C1CCN(c2ccccc2NC(=O)CCC(=O)N2CCOc3ccccc32)CC1. The molecule has 8 heteroatoms. The highest BCUT2D eigenvalue weighted by Crippen LogP contribution is 2.32. The summed E-state index contributed by atoms with van der Waals surface area (Å²) in [4.78, 5) is 40.7. The molecule has 0 atom stereocenters. The molecule has 0 unspecified atom stereocenters. The van der Waals surface area contributed by atoms with Crippen LogP contribution in [-0.2, 0) is 14.4 Å². The van der Waals surface area contributed by atoms with Crippen LogP contribution < -0.4 is 25.6 Å². The number of nitrogens with two attached hydrogens (primary N) is 1. The second kappa shape index (κ2) is 9.72. The summed E-state index contributed by atoms with van der Waals surface area (Å²) in [7, 11) is 0. The van der Waals surface area contributed by atoms with Crippen molar-refractivity contribution in [3.63, 3.8) is 0 Å². The van der Waals surface area contributed by atoms with Crippen molar-refractivity contribution in [2.24, 2.45) is 11.7 Å². The number of benzene rings is 2. The lowest BCUT2D eigenvalue weighted by molar-refractivity contribution is -0.122. The number of carbonyl (C=O) groups is 3. The number of amides is 3. The van der Waals surface area contributed by atoms with Gasteiger partial charge in [0.15, 0.2) is 0 Å². The number of hydrogen-bond acceptors (Lipinski definition) is 5. The van der Waals surface area contributed by atoms with Crippen molar-refractivity contribution in [3.05, 3.63) is 48.5 Å². The fourth-order valence-electron chi connectivity index (χ4n) is 4.26. The Morgan fingerprint density at radius 1 is 0.938 bits per heavy atom. The van der Waals surface area contributed by atoms with Gasteiger partial charge in [0, 0.05) is 31.8 Å². The molecule has 0 radical (unpaired) electrons. The van der Waals surface area contributed by atoms with Crippen LogP contribution >= 0.6 is 0 Å². The number of fused-ring (bicyclic) bond motifs is 1. The fraction of sp³-hybridized carbons (Fsp3) is 0.375. The van der Waals surface area contributed by atoms with Crippen molar-refractivity contribution in [2.45, 2.75) is 25.7 Å². The van der Waals surface area contributed by atoms with Crippen molar-refractivity contribution >= 4 is 34.8 Å². The molecule has 3 amide bonds. The van der Waals surface area contributed by atoms with Crippen molar-refractivity contribution in [1.29, 1.82) is 0 Å². The van der Waals surface area contributed by atoms with Gasteiger partial charge in [0.1, 0.15) is 12.4 Å². The van der Waals surface area contributed by atoms with Gasteiger partial charge in [0.2, 0.25) is 17.7 Å². The number of primary amides is 1. The maximum Gasteiger partial charge on any atom is 0.227 e. The molecule has 0 bridgehead atoms. The molecule has 1 fully saturated rings. The molecule has 4 rings (SSSR count). The lowest BCUT2D eigenvalue weighted by Crippen LogP contribution is -2.39. The van der Waals surface area contributed by atoms with Crippen LogP contribution in [0.1, 0.15) is 25.7 Å². The van der Waals surface area contributed by atoms with Gasteiger partial charge >= 0.3 is 0 Å². The van der Waals surface area contributed by atoms with E-state index in [9.17, 15) is 14.4 Å². The van der Waals surface area contributed by atoms with Gasteiger partial charge in [-0.2, -0.15) is 0 Å². The van der Waals surface area contributed by atoms with Gasteiger partial charge in [0.05, 0.1) is 23.6 Å². The smallest absolute Gasteiger partial charge is 0.227 e. The Labute approximate surface area is 187 Å². The van der Waals surface area contributed by atoms with Gasteiger partial charge in [-0.3, -0.25) is 14.4 Å². The van der Waals surface area contributed by atoms with E-state index in [1.165, 1.54) is 0 Å². The van der Waals surface area contributed by atoms with E-state index in [1.54, 1.807) is 4.90 Å². The summed E-state index contributed by atoms with van der Waals surface area (Å²) in [5.41, 5.74) is 7.80. The van der Waals surface area contributed by atoms with E-state index in [1.807, 2.05) is 48.5 Å². The predicted octanol–water partition coefficient (Wildman–Crippen LogP) is 2.53. The number of para-hydroxylation sites is 4. The van der Waals surface area contributed by atoms with Gasteiger partial charge < -0.3 is 25.6 Å². The largest absolute Gasteiger partial charge is 0.490 e. The number of ether oxygens (including phenoxy) is 1. The normalized spacial score (nSPS) is 16.1. The van der Waals surface area contributed by atoms with Crippen molar-refractivity contribution in [1.82, 2.24) is 0 Å². The quantitative estimate of drug-likeness (QED) is 0.724. The fourth-order valence-corrected chi connectivity index (χ4v) is 4.26. The van der Waals surface area contributed by atoms with Gasteiger partial charge in [-0.25, -0.2) is 0 Å². The molecule has 168 valence electrons. The Hall–Kier alpha value is -3.55. The summed E-state index contributed by atoms with van der Waals surface area (Å²) in [6, 6.07) is 15.0. The van der Waals surface area contributed by atoms with Crippen molar-refractivity contribution in [3.8, 4) is 5.75 Å². The van der Waals surface area contributed by atoms with Gasteiger partial charge in [-0.05, 0) is 37.1 Å². The zero-order valence-corrected chi connectivity index (χ0v) is 18.0. The van der Waals surface area contributed by atoms with E-state index < -0.39 is 0 Å². The first-order valence-electron chi connectivity index (χ1n) is 11.0. The Bertz CT molecular complexity index is 1000. The van der Waals surface area contributed by atoms with E-state index >= 15 is 0 Å². The molecule has 0 aromatic heterocycles. The number of piperidine rings is 1. The third-order valence-corrected chi connectivity index (χ3v) is 6.01. The molecule has 3 N–H and O–H groups in total. The van der Waals surface area contributed by atoms with Crippen LogP contribution in [0.25, 0.3) is 0 Å². The minimum atomic E-state index is -0.251. The highest BCUT2D eigenvalue weighted by molar-refractivity contribution is 6.00. The first-order valence-corrected chi connectivity index (χ1v) is 11.0. The highest BCUT2D eigenvalue weighted by Gasteiger charge is 2.26. The van der Waals surface area contributed by atoms with E-state index in [0.29, 0.717) is 50.5 Å². The molecule has 32 heavy (non-hydrogen) atoms. The zero-order valence-electron chi connectivity index (χ0n) is 18.0. The van der Waals surface area contributed by atoms with Crippen LogP contribution in [0.2, 0.25) is 0 Å². The predicted molar refractivity (Wildman–Crippen MR) is 123 cm³/mol. The number of nitrogens with zero attached hydrogens (tertiary/aromatic N) is 2. The first-order chi connectivity index (χ1) is 15.5. The number of rotatable bonds is 6. The number of hydrogen-bond donors (Lipinski definition) is 2. The van der Waals surface area contributed by atoms with E-state index in [0.717, 1.165) is 11.4 Å². The summed E-state index contributed by atoms with van der Waals surface area (Å²) in [5, 5.41) is 2.95. The summed E-state index contributed by atoms with van der Waals surface area (Å²) >= 11 is 0. The van der Waals surface area contributed by atoms with Crippen LogP contribution in [0.4, 0.5) is 17.1 Å². The number of nitrogens with one attached hydrogen (secondary N) is 1. The summed E-state index contributed by atoms with van der Waals surface area (Å²) in [5.74, 6) is 0.0331. The molecular weight excluding hydrogens is 408 g/mol. The maximum absolute atomic E-state index is 12.8. The Morgan fingerprint density at radius 2 is 1.62 bits per heavy atom. The molecule has 1 saturated heterocycles. The Morgan fingerprint density at radius 3 is 2.38 bits per heavy atom. The second-order valence-corrected chi connectivity index (χ2v) is 8.09. The van der Waals surface area contributed by atoms with Gasteiger partial charge in [0.25, 0.3) is 0 Å². The molecule has 2 aliphatic heterocycles. The first kappa shape index (κ1) is 21.7. The minimum Gasteiger partial charge on any atom is -0.490 e. The number of anilines is 3. The van der Waals surface area contributed by atoms with Crippen LogP contribution in [0, 0.1) is 5.92 Å². The standard InChI is InChI=1S/C24H28N4O4/c25-24(31)17-11-13-27(14-12-17)19-6-2-1-5-18(19)26-22(29)9-10-23(30)28-15-16-32-21-8-4-3-7-20(21)28/h1-8,17H,9-16H2,(H2,25,31)(H,26,29). The lowest BCUT2D eigenvalue weighted by atomic mass is 9.96. The lowest BCUT2D eigenvalue weighted by Gasteiger charge is -2.33. The zero-order chi connectivity index (χ0) is 22.5. The third kappa shape index (κ3) is 4.85. The average Bonchev–Trinajstić information content (AvgIpc) is 2.82. The van der Waals surface area contributed by atoms with E-state index in [-0.39, 0.29) is 36.5 Å². The number of carbonyl (C=O) groups excluding carboxylic acids is 3. The summed E-state index contributed by atoms with van der Waals surface area (Å²) < 4.78 is 5.60. The average molecular weight is 437 g/mol. The molecule has 8 nitrogen and oxygen atoms in total. The Balaban J connectivity index is 1.34. The Kier molecular flexibility index (Phi) is 6.58. The van der Waals surface area contributed by atoms with Crippen molar-refractivity contribution in [2.75, 3.05) is 41.4 Å². The molecule has 0 saturated carbocycles. The minimum absolute atomic E-state index is 0.0932. The van der Waals surface area contributed by atoms with Gasteiger partial charge in [-0.1, -0.05) is 24.3 Å². The van der Waals surface area contributed by atoms with Gasteiger partial charge in [-0.15, -0.1) is 0 Å². The molecule has 2 heterocycles. The topological polar surface area (TPSA) is 105 Å². The molecule has 2 aromatic carbocycles. The molecular formula is C24H28N4O4. The third-order valence-electron chi connectivity index (χ3n) is 6.01. The van der Waals surface area contributed by atoms with E-state index in [2.05, 4.69) is 10.2 Å². The molecule has 2 aliphatic rings. The highest BCUT2D eigenvalue weighted by atomic mass is 16.5. The second-order valence-electron chi connectivity index (χ2n) is 8.09. The maximum atomic E-state index is 12.8. The van der Waals surface area contributed by atoms with Crippen LogP contribution in [0.5, 0.6) is 5.75 Å². The van der Waals surface area contributed by atoms with Crippen LogP contribution in [0.15, 0.2) is 48.5 Å². The molecule has 2 aromatic rings. The van der Waals surface area contributed by atoms with Crippen LogP contribution in [-0.4, -0.2) is 44.0 Å². The monoisotopic (exact) mass is 436 g/mol.